The Morgan fingerprint density at radius 1 is 1.37 bits per heavy atom. The minimum Gasteiger partial charge on any atom is -0.348 e. The summed E-state index contributed by atoms with van der Waals surface area (Å²) in [5, 5.41) is 2.94. The Hall–Kier alpha value is -0.580. The summed E-state index contributed by atoms with van der Waals surface area (Å²) in [5.74, 6) is -0.116. The van der Waals surface area contributed by atoms with Crippen molar-refractivity contribution in [3.05, 3.63) is 34.3 Å². The first-order valence-corrected chi connectivity index (χ1v) is 6.82. The lowest BCUT2D eigenvalue weighted by Crippen LogP contribution is -2.49. The molecular formula is C14H22BrClN2O. The van der Waals surface area contributed by atoms with Gasteiger partial charge in [-0.05, 0) is 30.0 Å². The van der Waals surface area contributed by atoms with Crippen molar-refractivity contribution in [3.63, 3.8) is 0 Å². The molecule has 1 aromatic rings. The van der Waals surface area contributed by atoms with Crippen LogP contribution < -0.4 is 11.1 Å². The molecule has 2 atom stereocenters. The normalized spacial score (nSPS) is 14.2. The maximum atomic E-state index is 12.0. The molecule has 1 amide bonds. The minimum absolute atomic E-state index is 0. The lowest BCUT2D eigenvalue weighted by Gasteiger charge is -2.27. The van der Waals surface area contributed by atoms with E-state index in [4.69, 9.17) is 5.73 Å². The van der Waals surface area contributed by atoms with Gasteiger partial charge < -0.3 is 11.1 Å². The molecule has 0 saturated carbocycles. The number of hydrogen-bond acceptors (Lipinski definition) is 2. The van der Waals surface area contributed by atoms with Crippen LogP contribution in [0.1, 0.15) is 39.3 Å². The highest BCUT2D eigenvalue weighted by Crippen LogP contribution is 2.20. The molecule has 0 aromatic heterocycles. The summed E-state index contributed by atoms with van der Waals surface area (Å²) in [5.41, 5.74) is 6.75. The zero-order chi connectivity index (χ0) is 13.9. The second-order valence-electron chi connectivity index (χ2n) is 5.63. The molecule has 3 nitrogen and oxygen atoms in total. The molecule has 3 N–H and O–H groups in total. The van der Waals surface area contributed by atoms with Gasteiger partial charge in [0.2, 0.25) is 5.91 Å². The van der Waals surface area contributed by atoms with E-state index in [9.17, 15) is 4.79 Å². The number of amides is 1. The van der Waals surface area contributed by atoms with Crippen LogP contribution >= 0.6 is 28.3 Å². The molecule has 19 heavy (non-hydrogen) atoms. The van der Waals surface area contributed by atoms with Crippen molar-refractivity contribution in [2.24, 2.45) is 11.1 Å². The van der Waals surface area contributed by atoms with E-state index in [0.717, 1.165) is 10.0 Å². The van der Waals surface area contributed by atoms with Crippen LogP contribution in [0.15, 0.2) is 28.7 Å². The van der Waals surface area contributed by atoms with Gasteiger partial charge in [0.25, 0.3) is 0 Å². The standard InChI is InChI=1S/C14H21BrN2O.ClH/c1-9(10-6-5-7-11(15)8-10)17-13(18)12(16)14(2,3)4;/h5-9,12H,16H2,1-4H3,(H,17,18);1H/t9?,12-;/m1./s1. The van der Waals surface area contributed by atoms with E-state index in [2.05, 4.69) is 21.2 Å². The van der Waals surface area contributed by atoms with Crippen LogP contribution in [0.2, 0.25) is 0 Å². The number of carbonyl (C=O) groups excluding carboxylic acids is 1. The van der Waals surface area contributed by atoms with Crippen molar-refractivity contribution in [1.82, 2.24) is 5.32 Å². The van der Waals surface area contributed by atoms with Crippen LogP contribution in [0.5, 0.6) is 0 Å². The molecule has 0 heterocycles. The first-order valence-electron chi connectivity index (χ1n) is 6.03. The zero-order valence-electron chi connectivity index (χ0n) is 11.7. The molecule has 0 spiro atoms. The van der Waals surface area contributed by atoms with Gasteiger partial charge in [-0.1, -0.05) is 48.8 Å². The molecule has 1 rings (SSSR count). The monoisotopic (exact) mass is 348 g/mol. The number of nitrogens with one attached hydrogen (secondary N) is 1. The second kappa shape index (κ2) is 7.27. The van der Waals surface area contributed by atoms with Crippen LogP contribution in [0.4, 0.5) is 0 Å². The fraction of sp³-hybridized carbons (Fsp3) is 0.500. The van der Waals surface area contributed by atoms with Crippen LogP contribution in [-0.4, -0.2) is 11.9 Å². The summed E-state index contributed by atoms with van der Waals surface area (Å²) in [4.78, 5) is 12.0. The summed E-state index contributed by atoms with van der Waals surface area (Å²) in [6.07, 6.45) is 0. The Bertz CT molecular complexity index is 432. The largest absolute Gasteiger partial charge is 0.348 e. The predicted molar refractivity (Wildman–Crippen MR) is 85.4 cm³/mol. The SMILES string of the molecule is CC(NC(=O)[C@@H](N)C(C)(C)C)c1cccc(Br)c1.Cl. The average molecular weight is 350 g/mol. The number of rotatable bonds is 3. The van der Waals surface area contributed by atoms with Crippen molar-refractivity contribution in [1.29, 1.82) is 0 Å². The van der Waals surface area contributed by atoms with Crippen molar-refractivity contribution in [3.8, 4) is 0 Å². The fourth-order valence-electron chi connectivity index (χ4n) is 1.56. The predicted octanol–water partition coefficient (Wildman–Crippen LogP) is 3.42. The Morgan fingerprint density at radius 3 is 2.42 bits per heavy atom. The van der Waals surface area contributed by atoms with Crippen LogP contribution in [0.25, 0.3) is 0 Å². The number of carbonyl (C=O) groups is 1. The zero-order valence-corrected chi connectivity index (χ0v) is 14.1. The van der Waals surface area contributed by atoms with E-state index in [-0.39, 0.29) is 29.8 Å². The second-order valence-corrected chi connectivity index (χ2v) is 6.54. The minimum atomic E-state index is -0.507. The molecule has 108 valence electrons. The molecule has 1 aromatic carbocycles. The molecule has 0 aliphatic carbocycles. The van der Waals surface area contributed by atoms with Crippen LogP contribution in [0.3, 0.4) is 0 Å². The van der Waals surface area contributed by atoms with E-state index < -0.39 is 6.04 Å². The summed E-state index contributed by atoms with van der Waals surface area (Å²) in [6.45, 7) is 7.83. The third-order valence-electron chi connectivity index (χ3n) is 2.92. The molecule has 0 aliphatic heterocycles. The first kappa shape index (κ1) is 18.4. The van der Waals surface area contributed by atoms with Gasteiger partial charge in [-0.25, -0.2) is 0 Å². The van der Waals surface area contributed by atoms with Crippen molar-refractivity contribution < 1.29 is 4.79 Å². The van der Waals surface area contributed by atoms with Crippen molar-refractivity contribution >= 4 is 34.2 Å². The highest BCUT2D eigenvalue weighted by atomic mass is 79.9. The summed E-state index contributed by atoms with van der Waals surface area (Å²) in [6, 6.07) is 7.33. The number of halogens is 2. The quantitative estimate of drug-likeness (QED) is 0.878. The molecule has 0 fully saturated rings. The smallest absolute Gasteiger partial charge is 0.237 e. The average Bonchev–Trinajstić information content (AvgIpc) is 2.26. The molecule has 1 unspecified atom stereocenters. The Kier molecular flexibility index (Phi) is 7.05. The van der Waals surface area contributed by atoms with E-state index in [1.165, 1.54) is 0 Å². The van der Waals surface area contributed by atoms with Crippen molar-refractivity contribution in [2.45, 2.75) is 39.8 Å². The third-order valence-corrected chi connectivity index (χ3v) is 3.42. The van der Waals surface area contributed by atoms with E-state index in [1.54, 1.807) is 0 Å². The van der Waals surface area contributed by atoms with E-state index in [1.807, 2.05) is 52.0 Å². The van der Waals surface area contributed by atoms with Gasteiger partial charge in [-0.15, -0.1) is 12.4 Å². The molecule has 0 aliphatic rings. The van der Waals surface area contributed by atoms with Gasteiger partial charge in [-0.2, -0.15) is 0 Å². The Labute approximate surface area is 129 Å². The lowest BCUT2D eigenvalue weighted by molar-refractivity contribution is -0.125. The van der Waals surface area contributed by atoms with E-state index >= 15 is 0 Å². The third kappa shape index (κ3) is 5.51. The van der Waals surface area contributed by atoms with Crippen molar-refractivity contribution in [2.75, 3.05) is 0 Å². The fourth-order valence-corrected chi connectivity index (χ4v) is 1.97. The number of hydrogen-bond donors (Lipinski definition) is 2. The number of nitrogens with two attached hydrogens (primary N) is 1. The molecule has 0 radical (unpaired) electrons. The maximum Gasteiger partial charge on any atom is 0.237 e. The first-order chi connectivity index (χ1) is 8.21. The lowest BCUT2D eigenvalue weighted by atomic mass is 9.86. The Morgan fingerprint density at radius 2 is 1.95 bits per heavy atom. The van der Waals surface area contributed by atoms with Crippen LogP contribution in [-0.2, 0) is 4.79 Å². The highest BCUT2D eigenvalue weighted by molar-refractivity contribution is 9.10. The molecule has 0 saturated heterocycles. The molecule has 0 bridgehead atoms. The van der Waals surface area contributed by atoms with Gasteiger partial charge in [0.05, 0.1) is 12.1 Å². The van der Waals surface area contributed by atoms with Gasteiger partial charge in [0, 0.05) is 4.47 Å². The summed E-state index contributed by atoms with van der Waals surface area (Å²) < 4.78 is 1.00. The van der Waals surface area contributed by atoms with Gasteiger partial charge >= 0.3 is 0 Å². The maximum absolute atomic E-state index is 12.0. The molecule has 5 heteroatoms. The van der Waals surface area contributed by atoms with Gasteiger partial charge in [0.15, 0.2) is 0 Å². The highest BCUT2D eigenvalue weighted by Gasteiger charge is 2.28. The molecular weight excluding hydrogens is 328 g/mol. The Balaban J connectivity index is 0.00000324. The summed E-state index contributed by atoms with van der Waals surface area (Å²) in [7, 11) is 0. The van der Waals surface area contributed by atoms with Gasteiger partial charge in [0.1, 0.15) is 0 Å². The summed E-state index contributed by atoms with van der Waals surface area (Å²) >= 11 is 3.42. The van der Waals surface area contributed by atoms with Gasteiger partial charge in [-0.3, -0.25) is 4.79 Å². The van der Waals surface area contributed by atoms with Crippen LogP contribution in [0, 0.1) is 5.41 Å². The van der Waals surface area contributed by atoms with E-state index in [0.29, 0.717) is 0 Å². The topological polar surface area (TPSA) is 55.1 Å². The number of benzene rings is 1.